The molecule has 0 unspecified atom stereocenters. The van der Waals surface area contributed by atoms with Gasteiger partial charge in [0.25, 0.3) is 0 Å². The van der Waals surface area contributed by atoms with Crippen molar-refractivity contribution in [1.82, 2.24) is 18.5 Å². The molecule has 0 aliphatic rings. The highest BCUT2D eigenvalue weighted by Crippen LogP contribution is 1.34. The molecule has 0 fully saturated rings. The van der Waals surface area contributed by atoms with Crippen LogP contribution in [0.5, 0.6) is 0 Å². The fraction of sp³-hybridized carbons (Fsp3) is 0. The molecule has 0 saturated heterocycles. The van der Waals surface area contributed by atoms with E-state index in [1.807, 2.05) is 0 Å². The third kappa shape index (κ3) is 32.9. The minimum atomic E-state index is 0. The van der Waals surface area contributed by atoms with Crippen molar-refractivity contribution in [2.45, 2.75) is 0 Å². The van der Waals surface area contributed by atoms with E-state index in [0.29, 0.717) is 0 Å². The van der Waals surface area contributed by atoms with Crippen LogP contribution in [0.15, 0.2) is 5.34 Å². The Morgan fingerprint density at radius 2 is 1.33 bits per heavy atom. The third-order valence-corrected chi connectivity index (χ3v) is 0. The molecule has 42 valence electrons. The molecule has 10 N–H and O–H groups in total. The van der Waals surface area contributed by atoms with Crippen LogP contribution in [-0.4, -0.2) is 0 Å². The molecule has 0 spiro atoms. The van der Waals surface area contributed by atoms with Crippen molar-refractivity contribution in [3.05, 3.63) is 10.1 Å². The fourth-order valence-electron chi connectivity index (χ4n) is 0. The topological polar surface area (TPSA) is 159 Å². The summed E-state index contributed by atoms with van der Waals surface area (Å²) in [6.45, 7) is 0. The molecule has 0 aromatic heterocycles. The Balaban J connectivity index is -0.00000000667. The number of hydrogen-bond donors (Lipinski definition) is 3. The van der Waals surface area contributed by atoms with E-state index in [2.05, 4.69) is 0 Å². The summed E-state index contributed by atoms with van der Waals surface area (Å²) in [7, 11) is 0. The van der Waals surface area contributed by atoms with Crippen molar-refractivity contribution in [2.24, 2.45) is 5.34 Å². The van der Waals surface area contributed by atoms with Crippen LogP contribution in [0.1, 0.15) is 0 Å². The predicted octanol–water partition coefficient (Wildman–Crippen LogP) is 0.951. The van der Waals surface area contributed by atoms with E-state index < -0.39 is 0 Å². The van der Waals surface area contributed by atoms with E-state index in [-0.39, 0.29) is 18.5 Å². The van der Waals surface area contributed by atoms with Gasteiger partial charge < -0.3 is 28.6 Å². The first-order chi connectivity index (χ1) is 1.41. The lowest BCUT2D eigenvalue weighted by molar-refractivity contribution is 1.59. The van der Waals surface area contributed by atoms with Gasteiger partial charge in [-0.3, -0.25) is 0 Å². The molecule has 6 heavy (non-hydrogen) atoms. The smallest absolute Gasteiger partial charge is 0.112 e. The van der Waals surface area contributed by atoms with E-state index in [0.717, 1.165) is 5.34 Å². The number of nitrogens with zero attached hydrogens (tertiary/aromatic N) is 1. The van der Waals surface area contributed by atoms with Gasteiger partial charge in [-0.15, -0.1) is 5.34 Å². The molecular formula is H10N4O2. The lowest BCUT2D eigenvalue weighted by Crippen LogP contribution is -1.12. The highest BCUT2D eigenvalue weighted by atomic mass is 16.6. The molecule has 0 radical (unpaired) electrons. The maximum absolute atomic E-state index is 8.00. The van der Waals surface area contributed by atoms with Gasteiger partial charge in [-0.2, -0.15) is 0 Å². The van der Waals surface area contributed by atoms with Gasteiger partial charge in [0.15, 0.2) is 0 Å². The maximum atomic E-state index is 8.00. The molecule has 0 bridgehead atoms. The van der Waals surface area contributed by atoms with Gasteiger partial charge in [0.1, 0.15) is 0 Å². The van der Waals surface area contributed by atoms with Gasteiger partial charge in [-0.1, -0.05) is 0 Å². The number of rotatable bonds is 0. The molecule has 6 heteroatoms. The first-order valence-corrected chi connectivity index (χ1v) is 0.365. The van der Waals surface area contributed by atoms with Gasteiger partial charge in [0.05, 0.1) is 0 Å². The van der Waals surface area contributed by atoms with Crippen LogP contribution in [0, 0.1) is 10.1 Å². The van der Waals surface area contributed by atoms with Crippen molar-refractivity contribution in [2.75, 3.05) is 0 Å². The van der Waals surface area contributed by atoms with Crippen molar-refractivity contribution in [3.63, 3.8) is 0 Å². The minimum Gasteiger partial charge on any atom is -0.444 e. The lowest BCUT2D eigenvalue weighted by Gasteiger charge is -1.51. The van der Waals surface area contributed by atoms with Crippen molar-refractivity contribution in [1.29, 1.82) is 0 Å². The van der Waals surface area contributed by atoms with Gasteiger partial charge in [0, 0.05) is 0 Å². The maximum Gasteiger partial charge on any atom is -0.112 e. The minimum absolute atomic E-state index is 0. The van der Waals surface area contributed by atoms with E-state index in [9.17, 15) is 0 Å². The quantitative estimate of drug-likeness (QED) is 0.304. The summed E-state index contributed by atoms with van der Waals surface area (Å²) in [4.78, 5) is 8.00. The SMILES string of the molecule is N.N.O=N[O-].[NH4+]. The van der Waals surface area contributed by atoms with E-state index in [1.54, 1.807) is 0 Å². The average molecular weight is 98.1 g/mol. The van der Waals surface area contributed by atoms with E-state index in [1.165, 1.54) is 0 Å². The van der Waals surface area contributed by atoms with E-state index in [4.69, 9.17) is 10.1 Å². The van der Waals surface area contributed by atoms with Gasteiger partial charge in [-0.25, -0.2) is 0 Å². The Morgan fingerprint density at radius 3 is 1.33 bits per heavy atom. The highest BCUT2D eigenvalue weighted by molar-refractivity contribution is 4.21. The first-order valence-electron chi connectivity index (χ1n) is 0.365. The molecular weight excluding hydrogens is 88.0 g/mol. The summed E-state index contributed by atoms with van der Waals surface area (Å²) < 4.78 is 0. The molecule has 0 rings (SSSR count). The summed E-state index contributed by atoms with van der Waals surface area (Å²) in [6, 6.07) is 0. The van der Waals surface area contributed by atoms with Crippen LogP contribution >= 0.6 is 0 Å². The van der Waals surface area contributed by atoms with Crippen LogP contribution in [0.25, 0.3) is 0 Å². The lowest BCUT2D eigenvalue weighted by atomic mass is 13.4. The van der Waals surface area contributed by atoms with Gasteiger partial charge in [0.2, 0.25) is 0 Å². The second kappa shape index (κ2) is 587. The second-order valence-corrected chi connectivity index (χ2v) is 0.0745. The van der Waals surface area contributed by atoms with E-state index >= 15 is 0 Å². The molecule has 0 aliphatic heterocycles. The standard InChI is InChI=1S/HNO2.3H3N/c2-1-3;;;/h(H,2,3);3*1H3. The zero-order valence-electron chi connectivity index (χ0n) is 3.68. The van der Waals surface area contributed by atoms with Crippen LogP contribution in [-0.2, 0) is 0 Å². The summed E-state index contributed by atoms with van der Waals surface area (Å²) in [6.07, 6.45) is 0. The van der Waals surface area contributed by atoms with Crippen LogP contribution < -0.4 is 18.5 Å². The summed E-state index contributed by atoms with van der Waals surface area (Å²) in [5.41, 5.74) is 0. The Kier molecular flexibility index (Phi) is 5780. The fourth-order valence-corrected chi connectivity index (χ4v) is 0. The predicted molar refractivity (Wildman–Crippen MR) is 25.2 cm³/mol. The van der Waals surface area contributed by atoms with Crippen LogP contribution in [0.3, 0.4) is 0 Å². The number of hydrogen-bond acceptors (Lipinski definition) is 5. The zero-order valence-corrected chi connectivity index (χ0v) is 3.68. The third-order valence-electron chi connectivity index (χ3n) is 0. The van der Waals surface area contributed by atoms with Crippen molar-refractivity contribution < 1.29 is 0 Å². The largest absolute Gasteiger partial charge is 0.444 e. The summed E-state index contributed by atoms with van der Waals surface area (Å²) in [5.74, 6) is 0. The Morgan fingerprint density at radius 1 is 1.33 bits per heavy atom. The van der Waals surface area contributed by atoms with Crippen molar-refractivity contribution in [3.8, 4) is 0 Å². The molecule has 6 nitrogen and oxygen atoms in total. The van der Waals surface area contributed by atoms with Crippen LogP contribution in [0.4, 0.5) is 0 Å². The molecule has 0 heterocycles. The number of quaternary nitrogens is 1. The summed E-state index contributed by atoms with van der Waals surface area (Å²) >= 11 is 0. The van der Waals surface area contributed by atoms with Gasteiger partial charge >= 0.3 is 0 Å². The molecule has 0 aromatic carbocycles. The first kappa shape index (κ1) is 59.0. The highest BCUT2D eigenvalue weighted by Gasteiger charge is 0.958. The zero-order chi connectivity index (χ0) is 2.71. The molecule has 0 saturated carbocycles. The Hall–Kier alpha value is -0.720. The Labute approximate surface area is 35.2 Å². The van der Waals surface area contributed by atoms with Crippen molar-refractivity contribution >= 4 is 0 Å². The monoisotopic (exact) mass is 98.1 g/mol. The average Bonchev–Trinajstić information content (AvgIpc) is 0.918. The summed E-state index contributed by atoms with van der Waals surface area (Å²) in [5, 5.41) is 9.00. The molecule has 0 atom stereocenters. The molecule has 0 amide bonds. The van der Waals surface area contributed by atoms with Gasteiger partial charge in [-0.05, 0) is 0 Å². The Bertz CT molecular complexity index is 13.0. The second-order valence-electron chi connectivity index (χ2n) is 0.0745. The molecule has 0 aromatic rings. The normalized spacial score (nSPS) is 2.00. The van der Waals surface area contributed by atoms with Crippen LogP contribution in [0.2, 0.25) is 0 Å². The molecule has 0 aliphatic carbocycles.